The lowest BCUT2D eigenvalue weighted by atomic mass is 9.87. The predicted octanol–water partition coefficient (Wildman–Crippen LogP) is -8.11. The molecule has 0 spiro atoms. The molecule has 37 nitrogen and oxygen atoms in total. The summed E-state index contributed by atoms with van der Waals surface area (Å²) in [4.78, 5) is 64.8. The van der Waals surface area contributed by atoms with E-state index in [1.807, 2.05) is 0 Å². The Morgan fingerprint density at radius 1 is 0.546 bits per heavy atom. The Bertz CT molecular complexity index is 2450. The third-order valence-electron chi connectivity index (χ3n) is 17.7. The molecule has 0 radical (unpaired) electrons. The minimum Gasteiger partial charge on any atom is -0.477 e. The molecule has 5 aliphatic rings. The first kappa shape index (κ1) is 83.7. The van der Waals surface area contributed by atoms with Crippen LogP contribution in [0.3, 0.4) is 0 Å². The Morgan fingerprint density at radius 3 is 1.54 bits per heavy atom. The van der Waals surface area contributed by atoms with Crippen LogP contribution in [0.25, 0.3) is 0 Å². The number of unbranched alkanes of at least 4 members (excludes halogenated alkanes) is 11. The predicted molar refractivity (Wildman–Crippen MR) is 324 cm³/mol. The summed E-state index contributed by atoms with van der Waals surface area (Å²) in [7, 11) is 0. The van der Waals surface area contributed by atoms with Gasteiger partial charge < -0.3 is 161 Å². The zero-order chi connectivity index (χ0) is 72.2. The van der Waals surface area contributed by atoms with Crippen molar-refractivity contribution in [3.05, 3.63) is 12.2 Å². The number of hydrogen-bond donors (Lipinski definition) is 22. The van der Waals surface area contributed by atoms with Crippen molar-refractivity contribution in [2.75, 3.05) is 39.6 Å². The van der Waals surface area contributed by atoms with Gasteiger partial charge in [-0.2, -0.15) is 0 Å². The molecule has 0 aromatic rings. The number of aliphatic hydroxyl groups is 16. The van der Waals surface area contributed by atoms with Gasteiger partial charge in [-0.3, -0.25) is 14.4 Å². The number of carboxylic acids is 2. The van der Waals surface area contributed by atoms with Crippen LogP contribution in [-0.4, -0.2) is 338 Å². The number of aliphatic hydroxyl groups excluding tert-OH is 16. The highest BCUT2D eigenvalue weighted by Gasteiger charge is 2.63. The molecule has 37 heteroatoms. The van der Waals surface area contributed by atoms with Crippen molar-refractivity contribution in [3.8, 4) is 0 Å². The maximum atomic E-state index is 14.0. The lowest BCUT2D eigenvalue weighted by Gasteiger charge is -2.52. The van der Waals surface area contributed by atoms with Crippen molar-refractivity contribution < 1.29 is 163 Å². The summed E-state index contributed by atoms with van der Waals surface area (Å²) in [6.45, 7) is -1.57. The highest BCUT2D eigenvalue weighted by molar-refractivity contribution is 5.77. The molecule has 562 valence electrons. The minimum absolute atomic E-state index is 0.487. The van der Waals surface area contributed by atoms with Gasteiger partial charge in [-0.25, -0.2) is 9.59 Å². The van der Waals surface area contributed by atoms with Crippen molar-refractivity contribution >= 4 is 29.7 Å². The molecule has 5 saturated heterocycles. The third-order valence-corrected chi connectivity index (χ3v) is 17.7. The summed E-state index contributed by atoms with van der Waals surface area (Å²) in [6.07, 6.45) is -35.4. The summed E-state index contributed by atoms with van der Waals surface area (Å²) >= 11 is 0. The van der Waals surface area contributed by atoms with Gasteiger partial charge in [-0.05, 0) is 12.8 Å². The molecule has 5 heterocycles. The van der Waals surface area contributed by atoms with Crippen LogP contribution in [0.1, 0.15) is 118 Å². The van der Waals surface area contributed by atoms with Gasteiger partial charge in [-0.15, -0.1) is 0 Å². The maximum Gasteiger partial charge on any atom is 0.364 e. The van der Waals surface area contributed by atoms with E-state index in [1.54, 1.807) is 6.08 Å². The van der Waals surface area contributed by atoms with Gasteiger partial charge >= 0.3 is 11.9 Å². The lowest BCUT2D eigenvalue weighted by molar-refractivity contribution is -0.402. The summed E-state index contributed by atoms with van der Waals surface area (Å²) in [5.74, 6) is -14.1. The molecular weight excluding hydrogens is 1300 g/mol. The van der Waals surface area contributed by atoms with E-state index in [1.165, 1.54) is 51.0 Å². The fraction of sp³-hybridized carbons (Fsp3) is 0.883. The Balaban J connectivity index is 1.46. The average molecular weight is 1410 g/mol. The van der Waals surface area contributed by atoms with Crippen LogP contribution >= 0.6 is 0 Å². The fourth-order valence-electron chi connectivity index (χ4n) is 12.4. The van der Waals surface area contributed by atoms with Gasteiger partial charge in [0.05, 0.1) is 76.1 Å². The number of rotatable bonds is 39. The molecule has 0 aromatic heterocycles. The van der Waals surface area contributed by atoms with Crippen molar-refractivity contribution in [1.29, 1.82) is 0 Å². The zero-order valence-corrected chi connectivity index (χ0v) is 54.6. The molecule has 5 fully saturated rings. The molecule has 0 bridgehead atoms. The van der Waals surface area contributed by atoms with Gasteiger partial charge in [0.25, 0.3) is 11.6 Å². The lowest BCUT2D eigenvalue weighted by Crippen LogP contribution is -2.72. The third kappa shape index (κ3) is 22.0. The van der Waals surface area contributed by atoms with Gasteiger partial charge in [0.2, 0.25) is 17.7 Å². The average Bonchev–Trinajstić information content (AvgIpc) is 0.753. The second-order valence-electron chi connectivity index (χ2n) is 25.2. The highest BCUT2D eigenvalue weighted by atomic mass is 16.8. The van der Waals surface area contributed by atoms with Crippen LogP contribution in [0, 0.1) is 0 Å². The van der Waals surface area contributed by atoms with Crippen molar-refractivity contribution in [2.45, 2.75) is 294 Å². The first-order valence-corrected chi connectivity index (χ1v) is 32.7. The minimum atomic E-state index is -3.56. The largest absolute Gasteiger partial charge is 0.477 e. The van der Waals surface area contributed by atoms with E-state index in [0.717, 1.165) is 46.5 Å². The van der Waals surface area contributed by atoms with Gasteiger partial charge in [0, 0.05) is 33.6 Å². The van der Waals surface area contributed by atoms with E-state index in [9.17, 15) is 116 Å². The Hall–Kier alpha value is -3.99. The number of allylic oxidation sites excluding steroid dienone is 1. The van der Waals surface area contributed by atoms with Crippen LogP contribution in [0.2, 0.25) is 0 Å². The molecule has 5 rings (SSSR count). The molecule has 0 unspecified atom stereocenters. The number of ether oxygens (including phenoxy) is 10. The summed E-state index contributed by atoms with van der Waals surface area (Å²) in [6, 6.07) is -6.72. The van der Waals surface area contributed by atoms with Crippen LogP contribution in [-0.2, 0) is 71.3 Å². The number of carbonyl (C=O) groups is 5. The molecule has 0 aliphatic carbocycles. The summed E-state index contributed by atoms with van der Waals surface area (Å²) in [5, 5.41) is 206. The Morgan fingerprint density at radius 2 is 1.02 bits per heavy atom. The number of carboxylic acid groups (broad SMARTS) is 2. The second-order valence-corrected chi connectivity index (χ2v) is 25.2. The highest BCUT2D eigenvalue weighted by Crippen LogP contribution is 2.42. The van der Waals surface area contributed by atoms with Crippen LogP contribution in [0.5, 0.6) is 0 Å². The van der Waals surface area contributed by atoms with E-state index >= 15 is 0 Å². The van der Waals surface area contributed by atoms with Gasteiger partial charge in [-0.1, -0.05) is 83.3 Å². The fourth-order valence-corrected chi connectivity index (χ4v) is 12.4. The zero-order valence-electron chi connectivity index (χ0n) is 54.6. The molecule has 29 atom stereocenters. The Labute approximate surface area is 559 Å². The van der Waals surface area contributed by atoms with Crippen molar-refractivity contribution in [2.24, 2.45) is 5.73 Å². The molecule has 23 N–H and O–H groups in total. The monoisotopic (exact) mass is 1410 g/mol. The number of nitrogens with one attached hydrogen (secondary N) is 3. The van der Waals surface area contributed by atoms with Crippen molar-refractivity contribution in [1.82, 2.24) is 16.0 Å². The van der Waals surface area contributed by atoms with Gasteiger partial charge in [0.15, 0.2) is 18.9 Å². The topological polar surface area (TPSA) is 604 Å². The number of aliphatic carboxylic acids is 2. The SMILES string of the molecule is CCCCCCCCCCCCC/C=C/[C@@H](O)[C@@H](N)CO[C@@H]1O[C@H](CO)[C@@H](O[C@@H]2O[C@H](CO)[C@H](O[C@@H]3O[C@H](CO)[C@H](O)[C@H](O)[C@H]3NC(C)=O)[C@H](O[C@]3(C(=O)O)C[C@H](O)[C@@H](NC(C)=O)[C@H]([C@H](O)[C@@H](CO)O[C@]4(C(=O)O)C[C@H](O)[C@@H](NC(C)=O)[C@H]([C@H](O)[C@H](O)CO)O4)O3)[C@H]2O)[C@H](O)[C@H]1O. The first-order valence-electron chi connectivity index (χ1n) is 32.7. The van der Waals surface area contributed by atoms with E-state index in [4.69, 9.17) is 53.1 Å². The normalized spacial score (nSPS) is 37.6. The molecule has 97 heavy (non-hydrogen) atoms. The summed E-state index contributed by atoms with van der Waals surface area (Å²) < 4.78 is 58.8. The molecule has 0 aromatic carbocycles. The van der Waals surface area contributed by atoms with E-state index in [-0.39, 0.29) is 0 Å². The molecule has 3 amide bonds. The second kappa shape index (κ2) is 39.4. The van der Waals surface area contributed by atoms with Crippen LogP contribution in [0.15, 0.2) is 12.2 Å². The number of carbonyl (C=O) groups excluding carboxylic acids is 3. The number of amides is 3. The number of nitrogens with two attached hydrogens (primary N) is 1. The Kier molecular flexibility index (Phi) is 34.0. The smallest absolute Gasteiger partial charge is 0.364 e. The number of hydrogen-bond acceptors (Lipinski definition) is 32. The summed E-state index contributed by atoms with van der Waals surface area (Å²) in [5.41, 5.74) is 6.21. The maximum absolute atomic E-state index is 14.0. The van der Waals surface area contributed by atoms with Gasteiger partial charge in [0.1, 0.15) is 110 Å². The first-order chi connectivity index (χ1) is 45.9. The van der Waals surface area contributed by atoms with E-state index in [2.05, 4.69) is 22.9 Å². The van der Waals surface area contributed by atoms with E-state index < -0.39 is 259 Å². The van der Waals surface area contributed by atoms with E-state index in [0.29, 0.717) is 6.42 Å². The standard InChI is InChI=1S/C60H104N4O33/c1-5-6-7-8-9-10-11-12-13-14-15-16-17-18-31(73)30(61)26-88-55-47(82)46(81)49(37(24-68)90-55)92-56-48(83)53(50(38(25-69)91-56)93-54-41(64-29(4)72)45(80)43(78)35(22-66)89-54)97-60(58(86)87)20-33(75)40(63-28(3)71)52(96-60)44(79)36(23-67)94-59(57(84)85)19-32(74)39(62-27(2)70)51(95-59)42(77)34(76)21-65/h17-18,30-56,65-69,73-83H,5-16,19-26,61H2,1-4H3,(H,62,70)(H,63,71)(H,64,72)(H,84,85)(H,86,87)/b18-17+/t30-,31+,32-,33-,34+,35+,36+,37+,38+,39+,40+,41+,42+,43-,44+,45+,46+,47+,48+,49+,50-,51+,52+,53+,54-,55+,56-,59+,60-/m0/s1. The molecule has 5 aliphatic heterocycles. The van der Waals surface area contributed by atoms with Crippen LogP contribution < -0.4 is 21.7 Å². The molecular formula is C60H104N4O33. The van der Waals surface area contributed by atoms with Crippen molar-refractivity contribution in [3.63, 3.8) is 0 Å². The molecule has 0 saturated carbocycles. The quantitative estimate of drug-likeness (QED) is 0.0201. The van der Waals surface area contributed by atoms with Crippen LogP contribution in [0.4, 0.5) is 0 Å².